The Morgan fingerprint density at radius 3 is 1.48 bits per heavy atom. The van der Waals surface area contributed by atoms with Gasteiger partial charge in [0.15, 0.2) is 34.9 Å². The number of quaternary nitrogens is 1. The van der Waals surface area contributed by atoms with Crippen LogP contribution in [-0.4, -0.2) is 13.1 Å². The first kappa shape index (κ1) is 32.0. The predicted molar refractivity (Wildman–Crippen MR) is 183 cm³/mol. The monoisotopic (exact) mass is 654 g/mol. The summed E-state index contributed by atoms with van der Waals surface area (Å²) in [6.45, 7) is 5.98. The van der Waals surface area contributed by atoms with Crippen LogP contribution in [0.5, 0.6) is 0 Å². The average Bonchev–Trinajstić information content (AvgIpc) is 3.09. The smallest absolute Gasteiger partial charge is 0.194 e. The van der Waals surface area contributed by atoms with Gasteiger partial charge in [-0.2, -0.15) is 0 Å². The molecule has 6 aromatic carbocycles. The highest BCUT2D eigenvalue weighted by Gasteiger charge is 2.43. The first-order chi connectivity index (χ1) is 23.2. The standard InChI is InChI=1S/C41H34F6N/c1-3-5-15-48(16-6-4-2)23-32-30(26-19-33(42)39(46)34(43)20-26)17-24-11-7-9-13-28(24)37(32)38-29-14-10-8-12-25(29)18-31(41(38)48)27-21-35(44)40(47)36(45)22-27/h7-14,17-22H,3-6,15-16,23H2,1-2H3/q+1. The van der Waals surface area contributed by atoms with E-state index in [1.54, 1.807) is 0 Å². The molecule has 0 radical (unpaired) electrons. The Morgan fingerprint density at radius 2 is 0.979 bits per heavy atom. The van der Waals surface area contributed by atoms with Gasteiger partial charge in [0.05, 0.1) is 18.7 Å². The Labute approximate surface area is 275 Å². The summed E-state index contributed by atoms with van der Waals surface area (Å²) in [4.78, 5) is 0. The summed E-state index contributed by atoms with van der Waals surface area (Å²) < 4.78 is 88.5. The lowest BCUT2D eigenvalue weighted by Crippen LogP contribution is -2.52. The van der Waals surface area contributed by atoms with Gasteiger partial charge in [-0.15, -0.1) is 0 Å². The summed E-state index contributed by atoms with van der Waals surface area (Å²) in [6.07, 6.45) is 3.44. The van der Waals surface area contributed by atoms with Crippen LogP contribution in [0.15, 0.2) is 84.9 Å². The van der Waals surface area contributed by atoms with Crippen LogP contribution >= 0.6 is 0 Å². The molecule has 6 aromatic rings. The van der Waals surface area contributed by atoms with Gasteiger partial charge in [0, 0.05) is 16.7 Å². The Hall–Kier alpha value is -4.62. The molecule has 48 heavy (non-hydrogen) atoms. The van der Waals surface area contributed by atoms with E-state index in [2.05, 4.69) is 13.8 Å². The van der Waals surface area contributed by atoms with E-state index < -0.39 is 34.9 Å². The highest BCUT2D eigenvalue weighted by atomic mass is 19.2. The molecule has 7 rings (SSSR count). The molecule has 0 aliphatic carbocycles. The molecule has 1 nitrogen and oxygen atoms in total. The van der Waals surface area contributed by atoms with Gasteiger partial charge in [0.25, 0.3) is 0 Å². The molecule has 7 heteroatoms. The molecule has 0 saturated heterocycles. The van der Waals surface area contributed by atoms with Crippen molar-refractivity contribution in [3.63, 3.8) is 0 Å². The molecule has 0 N–H and O–H groups in total. The summed E-state index contributed by atoms with van der Waals surface area (Å²) >= 11 is 0. The lowest BCUT2D eigenvalue weighted by atomic mass is 9.78. The first-order valence-electron chi connectivity index (χ1n) is 16.4. The van der Waals surface area contributed by atoms with Gasteiger partial charge < -0.3 is 0 Å². The number of rotatable bonds is 8. The molecule has 0 aromatic heterocycles. The minimum absolute atomic E-state index is 0.226. The second-order valence-electron chi connectivity index (χ2n) is 12.8. The average molecular weight is 655 g/mol. The summed E-state index contributed by atoms with van der Waals surface area (Å²) in [5.41, 5.74) is 5.11. The molecule has 0 atom stereocenters. The topological polar surface area (TPSA) is 0 Å². The van der Waals surface area contributed by atoms with Crippen LogP contribution < -0.4 is 4.48 Å². The third-order valence-electron chi connectivity index (χ3n) is 9.83. The lowest BCUT2D eigenvalue weighted by Gasteiger charge is -2.45. The van der Waals surface area contributed by atoms with Gasteiger partial charge >= 0.3 is 0 Å². The Bertz CT molecular complexity index is 2170. The molecule has 0 spiro atoms. The summed E-state index contributed by atoms with van der Waals surface area (Å²) in [7, 11) is 0. The van der Waals surface area contributed by atoms with Gasteiger partial charge in [0.1, 0.15) is 12.2 Å². The summed E-state index contributed by atoms with van der Waals surface area (Å²) in [5, 5.41) is 3.46. The Kier molecular flexibility index (Phi) is 8.28. The minimum Gasteiger partial charge on any atom is -0.286 e. The van der Waals surface area contributed by atoms with E-state index in [1.165, 1.54) is 0 Å². The van der Waals surface area contributed by atoms with Gasteiger partial charge in [-0.3, -0.25) is 4.48 Å². The van der Waals surface area contributed by atoms with Crippen molar-refractivity contribution in [1.29, 1.82) is 0 Å². The fourth-order valence-electron chi connectivity index (χ4n) is 7.62. The number of unbranched alkanes of at least 4 members (excludes halogenated alkanes) is 2. The maximum Gasteiger partial charge on any atom is 0.194 e. The zero-order valence-corrected chi connectivity index (χ0v) is 26.7. The quantitative estimate of drug-likeness (QED) is 0.0870. The van der Waals surface area contributed by atoms with Crippen molar-refractivity contribution < 1.29 is 26.3 Å². The largest absolute Gasteiger partial charge is 0.286 e. The molecule has 1 heterocycles. The maximum atomic E-state index is 14.9. The van der Waals surface area contributed by atoms with Crippen molar-refractivity contribution in [2.24, 2.45) is 0 Å². The highest BCUT2D eigenvalue weighted by Crippen LogP contribution is 2.56. The molecule has 0 fully saturated rings. The molecular formula is C41H34F6N+. The van der Waals surface area contributed by atoms with Crippen molar-refractivity contribution in [3.05, 3.63) is 125 Å². The van der Waals surface area contributed by atoms with Gasteiger partial charge in [-0.1, -0.05) is 75.2 Å². The second kappa shape index (κ2) is 12.4. The summed E-state index contributed by atoms with van der Waals surface area (Å²) in [6, 6.07) is 23.6. The van der Waals surface area contributed by atoms with Crippen LogP contribution in [0.25, 0.3) is 54.9 Å². The van der Waals surface area contributed by atoms with Crippen LogP contribution in [0.2, 0.25) is 0 Å². The van der Waals surface area contributed by atoms with Crippen molar-refractivity contribution in [3.8, 4) is 33.4 Å². The van der Waals surface area contributed by atoms with E-state index in [4.69, 9.17) is 0 Å². The number of hydrogen-bond donors (Lipinski definition) is 0. The van der Waals surface area contributed by atoms with Crippen molar-refractivity contribution in [2.75, 3.05) is 13.1 Å². The highest BCUT2D eigenvalue weighted by molar-refractivity contribution is 6.16. The van der Waals surface area contributed by atoms with Gasteiger partial charge in [-0.05, 0) is 87.5 Å². The molecule has 0 bridgehead atoms. The van der Waals surface area contributed by atoms with Crippen molar-refractivity contribution in [1.82, 2.24) is 4.48 Å². The van der Waals surface area contributed by atoms with E-state index in [1.807, 2.05) is 60.7 Å². The molecule has 0 saturated carbocycles. The van der Waals surface area contributed by atoms with Gasteiger partial charge in [0.2, 0.25) is 0 Å². The van der Waals surface area contributed by atoms with Gasteiger partial charge in [-0.25, -0.2) is 26.3 Å². The van der Waals surface area contributed by atoms with Crippen LogP contribution in [0.1, 0.15) is 45.1 Å². The molecule has 1 aliphatic heterocycles. The van der Waals surface area contributed by atoms with E-state index >= 15 is 0 Å². The van der Waals surface area contributed by atoms with E-state index in [-0.39, 0.29) is 11.1 Å². The number of fused-ring (bicyclic) bond motifs is 7. The first-order valence-corrected chi connectivity index (χ1v) is 16.4. The van der Waals surface area contributed by atoms with Crippen LogP contribution in [0, 0.1) is 34.9 Å². The molecule has 1 aliphatic rings. The number of benzene rings is 6. The lowest BCUT2D eigenvalue weighted by molar-refractivity contribution is 0.255. The Morgan fingerprint density at radius 1 is 0.542 bits per heavy atom. The fourth-order valence-corrected chi connectivity index (χ4v) is 7.62. The second-order valence-corrected chi connectivity index (χ2v) is 12.8. The zero-order valence-electron chi connectivity index (χ0n) is 26.7. The number of nitrogens with zero attached hydrogens (tertiary/aromatic N) is 1. The third kappa shape index (κ3) is 5.16. The summed E-state index contributed by atoms with van der Waals surface area (Å²) in [5.74, 6) is -8.12. The minimum atomic E-state index is -1.52. The van der Waals surface area contributed by atoms with Crippen molar-refractivity contribution >= 4 is 27.2 Å². The molecule has 0 amide bonds. The normalized spacial score (nSPS) is 13.6. The molecule has 0 unspecified atom stereocenters. The zero-order chi connectivity index (χ0) is 33.7. The Balaban J connectivity index is 1.71. The van der Waals surface area contributed by atoms with Crippen molar-refractivity contribution in [2.45, 2.75) is 46.1 Å². The van der Waals surface area contributed by atoms with E-state index in [0.29, 0.717) is 35.2 Å². The predicted octanol–water partition coefficient (Wildman–Crippen LogP) is 12.2. The fraction of sp³-hybridized carbons (Fsp3) is 0.220. The maximum absolute atomic E-state index is 14.9. The number of hydrogen-bond acceptors (Lipinski definition) is 0. The SMILES string of the molecule is CCCC[N+]1(CCCC)Cc2c(-c3cc(F)c(F)c(F)c3)cc3ccccc3c2-c2c1c(-c1cc(F)c(F)c(F)c1)cc1ccccc21. The van der Waals surface area contributed by atoms with Crippen LogP contribution in [-0.2, 0) is 6.54 Å². The van der Waals surface area contributed by atoms with Crippen LogP contribution in [0.4, 0.5) is 32.0 Å². The van der Waals surface area contributed by atoms with E-state index in [9.17, 15) is 26.3 Å². The third-order valence-corrected chi connectivity index (χ3v) is 9.83. The molecular weight excluding hydrogens is 620 g/mol. The molecule has 244 valence electrons. The van der Waals surface area contributed by atoms with E-state index in [0.717, 1.165) is 93.9 Å². The van der Waals surface area contributed by atoms with Crippen LogP contribution in [0.3, 0.4) is 0 Å². The number of halogens is 6.